The number of aromatic nitrogens is 3. The minimum atomic E-state index is -4.49. The first-order valence-corrected chi connectivity index (χ1v) is 8.15. The van der Waals surface area contributed by atoms with Crippen LogP contribution in [0.1, 0.15) is 18.2 Å². The van der Waals surface area contributed by atoms with E-state index in [0.717, 1.165) is 17.8 Å². The van der Waals surface area contributed by atoms with Gasteiger partial charge in [-0.05, 0) is 24.6 Å². The highest BCUT2D eigenvalue weighted by Crippen LogP contribution is 2.27. The molecule has 2 aromatic heterocycles. The highest BCUT2D eigenvalue weighted by Gasteiger charge is 2.32. The highest BCUT2D eigenvalue weighted by molar-refractivity contribution is 5.79. The molecule has 7 nitrogen and oxygen atoms in total. The predicted octanol–water partition coefficient (Wildman–Crippen LogP) is 2.00. The van der Waals surface area contributed by atoms with Gasteiger partial charge >= 0.3 is 6.18 Å². The van der Waals surface area contributed by atoms with E-state index < -0.39 is 11.9 Å². The van der Waals surface area contributed by atoms with Crippen molar-refractivity contribution in [3.05, 3.63) is 42.0 Å². The zero-order chi connectivity index (χ0) is 19.0. The van der Waals surface area contributed by atoms with Gasteiger partial charge < -0.3 is 20.5 Å². The van der Waals surface area contributed by atoms with Crippen molar-refractivity contribution < 1.29 is 13.2 Å². The summed E-state index contributed by atoms with van der Waals surface area (Å²) in [6, 6.07) is 2.82. The lowest BCUT2D eigenvalue weighted by Crippen LogP contribution is -2.39. The molecular formula is C16H22F3N7. The smallest absolute Gasteiger partial charge is 0.357 e. The van der Waals surface area contributed by atoms with Gasteiger partial charge in [-0.15, -0.1) is 0 Å². The standard InChI is InChI=1S/C16H22F3N7/c1-3-20-14(24-10-12-5-9-26(2)11-12)22-7-8-23-15-21-6-4-13(25-15)16(17,18)19/h4-6,9,11H,3,7-8,10H2,1-2H3,(H2,20,22,24)(H,21,23,25). The summed E-state index contributed by atoms with van der Waals surface area (Å²) < 4.78 is 39.8. The number of alkyl halides is 3. The molecule has 0 aliphatic carbocycles. The van der Waals surface area contributed by atoms with Gasteiger partial charge in [-0.1, -0.05) is 0 Å². The Hall–Kier alpha value is -2.78. The molecule has 0 fully saturated rings. The Labute approximate surface area is 149 Å². The lowest BCUT2D eigenvalue weighted by Gasteiger charge is -2.12. The Morgan fingerprint density at radius 3 is 2.69 bits per heavy atom. The molecule has 0 radical (unpaired) electrons. The molecule has 0 saturated carbocycles. The zero-order valence-corrected chi connectivity index (χ0v) is 14.6. The van der Waals surface area contributed by atoms with Gasteiger partial charge in [0, 0.05) is 45.3 Å². The van der Waals surface area contributed by atoms with Gasteiger partial charge in [-0.25, -0.2) is 15.0 Å². The number of aliphatic imine (C=N–C) groups is 1. The molecule has 0 unspecified atom stereocenters. The van der Waals surface area contributed by atoms with E-state index in [1.807, 2.05) is 37.0 Å². The minimum Gasteiger partial charge on any atom is -0.357 e. The average Bonchev–Trinajstić information content (AvgIpc) is 3.01. The first kappa shape index (κ1) is 19.5. The summed E-state index contributed by atoms with van der Waals surface area (Å²) in [5.41, 5.74) is 0.112. The van der Waals surface area contributed by atoms with Gasteiger partial charge in [-0.3, -0.25) is 0 Å². The van der Waals surface area contributed by atoms with Gasteiger partial charge in [0.2, 0.25) is 5.95 Å². The molecule has 2 aromatic rings. The number of rotatable bonds is 7. The van der Waals surface area contributed by atoms with Crippen LogP contribution in [-0.4, -0.2) is 40.1 Å². The van der Waals surface area contributed by atoms with Crippen LogP contribution in [-0.2, 0) is 19.8 Å². The topological polar surface area (TPSA) is 79.2 Å². The summed E-state index contributed by atoms with van der Waals surface area (Å²) in [7, 11) is 1.94. The van der Waals surface area contributed by atoms with Crippen LogP contribution in [0, 0.1) is 0 Å². The molecule has 2 heterocycles. The molecule has 0 aromatic carbocycles. The van der Waals surface area contributed by atoms with Crippen molar-refractivity contribution in [2.24, 2.45) is 12.0 Å². The normalized spacial score (nSPS) is 12.1. The molecule has 3 N–H and O–H groups in total. The SMILES string of the molecule is CCNC(=NCc1ccn(C)c1)NCCNc1nccc(C(F)(F)F)n1. The number of aryl methyl sites for hydroxylation is 1. The van der Waals surface area contributed by atoms with Gasteiger partial charge in [-0.2, -0.15) is 13.2 Å². The molecule has 0 amide bonds. The molecule has 2 rings (SSSR count). The molecule has 0 aliphatic heterocycles. The summed E-state index contributed by atoms with van der Waals surface area (Å²) in [6.45, 7) is 3.97. The van der Waals surface area contributed by atoms with Crippen LogP contribution in [0.2, 0.25) is 0 Å². The van der Waals surface area contributed by atoms with Gasteiger partial charge in [0.15, 0.2) is 5.96 Å². The maximum Gasteiger partial charge on any atom is 0.433 e. The van der Waals surface area contributed by atoms with Crippen LogP contribution in [0.4, 0.5) is 19.1 Å². The molecular weight excluding hydrogens is 347 g/mol. The van der Waals surface area contributed by atoms with Crippen molar-refractivity contribution in [2.45, 2.75) is 19.6 Å². The van der Waals surface area contributed by atoms with E-state index in [-0.39, 0.29) is 5.95 Å². The third-order valence-electron chi connectivity index (χ3n) is 3.30. The van der Waals surface area contributed by atoms with E-state index in [2.05, 4.69) is 30.9 Å². The van der Waals surface area contributed by atoms with Crippen LogP contribution >= 0.6 is 0 Å². The lowest BCUT2D eigenvalue weighted by molar-refractivity contribution is -0.141. The number of guanidine groups is 1. The Morgan fingerprint density at radius 1 is 1.23 bits per heavy atom. The Balaban J connectivity index is 1.82. The second kappa shape index (κ2) is 9.07. The quantitative estimate of drug-likeness (QED) is 0.395. The van der Waals surface area contributed by atoms with E-state index in [1.54, 1.807) is 0 Å². The van der Waals surface area contributed by atoms with E-state index in [1.165, 1.54) is 0 Å². The molecule has 26 heavy (non-hydrogen) atoms. The fraction of sp³-hybridized carbons (Fsp3) is 0.438. The highest BCUT2D eigenvalue weighted by atomic mass is 19.4. The summed E-state index contributed by atoms with van der Waals surface area (Å²) in [5.74, 6) is 0.566. The van der Waals surface area contributed by atoms with E-state index in [0.29, 0.717) is 32.1 Å². The van der Waals surface area contributed by atoms with Crippen LogP contribution in [0.15, 0.2) is 35.7 Å². The lowest BCUT2D eigenvalue weighted by atomic mass is 10.3. The fourth-order valence-electron chi connectivity index (χ4n) is 2.12. The zero-order valence-electron chi connectivity index (χ0n) is 14.6. The minimum absolute atomic E-state index is 0.0622. The second-order valence-electron chi connectivity index (χ2n) is 5.50. The van der Waals surface area contributed by atoms with Crippen molar-refractivity contribution >= 4 is 11.9 Å². The molecule has 142 valence electrons. The largest absolute Gasteiger partial charge is 0.433 e. The molecule has 10 heteroatoms. The van der Waals surface area contributed by atoms with E-state index in [9.17, 15) is 13.2 Å². The van der Waals surface area contributed by atoms with Crippen molar-refractivity contribution in [1.29, 1.82) is 0 Å². The van der Waals surface area contributed by atoms with Crippen molar-refractivity contribution in [1.82, 2.24) is 25.2 Å². The first-order chi connectivity index (χ1) is 12.4. The Morgan fingerprint density at radius 2 is 2.04 bits per heavy atom. The summed E-state index contributed by atoms with van der Waals surface area (Å²) in [5, 5.41) is 8.98. The summed E-state index contributed by atoms with van der Waals surface area (Å²) in [6.07, 6.45) is 0.528. The fourth-order valence-corrected chi connectivity index (χ4v) is 2.12. The average molecular weight is 369 g/mol. The number of anilines is 1. The summed E-state index contributed by atoms with van der Waals surface area (Å²) >= 11 is 0. The third kappa shape index (κ3) is 6.26. The molecule has 0 atom stereocenters. The van der Waals surface area contributed by atoms with Crippen LogP contribution in [0.3, 0.4) is 0 Å². The number of hydrogen-bond donors (Lipinski definition) is 3. The van der Waals surface area contributed by atoms with Gasteiger partial charge in [0.1, 0.15) is 5.69 Å². The summed E-state index contributed by atoms with van der Waals surface area (Å²) in [4.78, 5) is 11.7. The van der Waals surface area contributed by atoms with Gasteiger partial charge in [0.05, 0.1) is 6.54 Å². The first-order valence-electron chi connectivity index (χ1n) is 8.15. The predicted molar refractivity (Wildman–Crippen MR) is 93.8 cm³/mol. The molecule has 0 bridgehead atoms. The number of nitrogens with zero attached hydrogens (tertiary/aromatic N) is 4. The Bertz CT molecular complexity index is 725. The van der Waals surface area contributed by atoms with Gasteiger partial charge in [0.25, 0.3) is 0 Å². The van der Waals surface area contributed by atoms with Crippen LogP contribution in [0.25, 0.3) is 0 Å². The second-order valence-corrected chi connectivity index (χ2v) is 5.50. The van der Waals surface area contributed by atoms with E-state index >= 15 is 0 Å². The molecule has 0 spiro atoms. The van der Waals surface area contributed by atoms with Crippen molar-refractivity contribution in [2.75, 3.05) is 25.0 Å². The van der Waals surface area contributed by atoms with Crippen LogP contribution in [0.5, 0.6) is 0 Å². The molecule has 0 aliphatic rings. The van der Waals surface area contributed by atoms with E-state index in [4.69, 9.17) is 0 Å². The Kier molecular flexibility index (Phi) is 6.81. The maximum absolute atomic E-state index is 12.6. The van der Waals surface area contributed by atoms with Crippen LogP contribution < -0.4 is 16.0 Å². The number of nitrogens with one attached hydrogen (secondary N) is 3. The van der Waals surface area contributed by atoms with Crippen molar-refractivity contribution in [3.8, 4) is 0 Å². The van der Waals surface area contributed by atoms with Crippen molar-refractivity contribution in [3.63, 3.8) is 0 Å². The third-order valence-corrected chi connectivity index (χ3v) is 3.30. The number of halogens is 3. The maximum atomic E-state index is 12.6. The number of hydrogen-bond acceptors (Lipinski definition) is 4. The monoisotopic (exact) mass is 369 g/mol. The molecule has 0 saturated heterocycles.